The number of allylic oxidation sites excluding steroid dienone is 5. The molecule has 0 radical (unpaired) electrons. The van der Waals surface area contributed by atoms with Crippen molar-refractivity contribution in [2.75, 3.05) is 9.80 Å². The standard InChI is InChI=1S/C73H66N2O2/c1-43(2)47-25-33-51(34-26-47)74(52-35-27-48(28-36-52)44(3)4)63-41-62-70(72-67(63)57-19-11-15-23-65(57)77-72)69-61(73(62)59-21-13-9-17-55(59)56-18-10-14-22-60(56)73)42-64(71-68(69)58-20-12-16-24-66(58)76-71)75(53-37-29-49(30-38-53)45(5)6)54-39-31-50(32-40-54)46(7)8/h9-10,12-18,20-31,33-39,41-46H,11,19,32,40H2,1-8H3. The van der Waals surface area contributed by atoms with E-state index in [4.69, 9.17) is 8.83 Å². The van der Waals surface area contributed by atoms with E-state index in [1.807, 2.05) is 0 Å². The first-order valence-corrected chi connectivity index (χ1v) is 28.3. The molecule has 380 valence electrons. The van der Waals surface area contributed by atoms with Crippen LogP contribution in [0, 0.1) is 5.92 Å². The summed E-state index contributed by atoms with van der Waals surface area (Å²) >= 11 is 0. The van der Waals surface area contributed by atoms with Crippen LogP contribution in [0.25, 0.3) is 61.2 Å². The quantitative estimate of drug-likeness (QED) is 0.137. The number of rotatable bonds is 10. The summed E-state index contributed by atoms with van der Waals surface area (Å²) in [5, 5.41) is 3.39. The molecule has 4 nitrogen and oxygen atoms in total. The van der Waals surface area contributed by atoms with Crippen LogP contribution >= 0.6 is 0 Å². The van der Waals surface area contributed by atoms with Crippen LogP contribution in [0.2, 0.25) is 0 Å². The predicted octanol–water partition coefficient (Wildman–Crippen LogP) is 20.9. The molecule has 2 aromatic heterocycles. The second-order valence-corrected chi connectivity index (χ2v) is 23.3. The van der Waals surface area contributed by atoms with E-state index in [0.29, 0.717) is 23.7 Å². The summed E-state index contributed by atoms with van der Waals surface area (Å²) in [5.74, 6) is 2.64. The van der Waals surface area contributed by atoms with Gasteiger partial charge in [-0.25, -0.2) is 0 Å². The van der Waals surface area contributed by atoms with Gasteiger partial charge in [-0.15, -0.1) is 0 Å². The number of furan rings is 2. The molecule has 0 aliphatic heterocycles. The van der Waals surface area contributed by atoms with Crippen LogP contribution in [-0.2, 0) is 11.8 Å². The molecule has 0 N–H and O–H groups in total. The number of hydrogen-bond donors (Lipinski definition) is 0. The molecular weight excluding hydrogens is 937 g/mol. The van der Waals surface area contributed by atoms with Gasteiger partial charge in [0.05, 0.1) is 16.8 Å². The second kappa shape index (κ2) is 18.0. The van der Waals surface area contributed by atoms with Crippen molar-refractivity contribution < 1.29 is 8.83 Å². The average Bonchev–Trinajstić information content (AvgIpc) is 4.33. The van der Waals surface area contributed by atoms with Crippen molar-refractivity contribution in [2.24, 2.45) is 5.92 Å². The number of fused-ring (bicyclic) bond motifs is 18. The van der Waals surface area contributed by atoms with E-state index in [1.165, 1.54) is 77.9 Å². The fourth-order valence-corrected chi connectivity index (χ4v) is 13.6. The summed E-state index contributed by atoms with van der Waals surface area (Å²) in [7, 11) is 0. The van der Waals surface area contributed by atoms with E-state index in [2.05, 4.69) is 247 Å². The Kier molecular flexibility index (Phi) is 11.1. The maximum atomic E-state index is 7.60. The van der Waals surface area contributed by atoms with Crippen molar-refractivity contribution in [1.29, 1.82) is 0 Å². The highest BCUT2D eigenvalue weighted by Crippen LogP contribution is 2.68. The van der Waals surface area contributed by atoms with Gasteiger partial charge in [-0.3, -0.25) is 0 Å². The Morgan fingerprint density at radius 2 is 1.00 bits per heavy atom. The van der Waals surface area contributed by atoms with E-state index in [1.54, 1.807) is 0 Å². The van der Waals surface area contributed by atoms with Crippen LogP contribution < -0.4 is 9.80 Å². The van der Waals surface area contributed by atoms with Crippen LogP contribution in [0.4, 0.5) is 28.4 Å². The van der Waals surface area contributed by atoms with E-state index in [-0.39, 0.29) is 0 Å². The lowest BCUT2D eigenvalue weighted by Crippen LogP contribution is -2.27. The topological polar surface area (TPSA) is 32.8 Å². The zero-order valence-corrected chi connectivity index (χ0v) is 45.7. The molecule has 0 bridgehead atoms. The third-order valence-electron chi connectivity index (χ3n) is 17.7. The van der Waals surface area contributed by atoms with Gasteiger partial charge in [0.25, 0.3) is 0 Å². The number of anilines is 5. The van der Waals surface area contributed by atoms with Crippen LogP contribution in [0.5, 0.6) is 0 Å². The Morgan fingerprint density at radius 3 is 1.57 bits per heavy atom. The Bertz CT molecular complexity index is 4000. The van der Waals surface area contributed by atoms with Crippen molar-refractivity contribution in [3.05, 3.63) is 237 Å². The molecule has 0 fully saturated rings. The third kappa shape index (κ3) is 7.10. The monoisotopic (exact) mass is 1000 g/mol. The maximum absolute atomic E-state index is 7.60. The smallest absolute Gasteiger partial charge is 0.160 e. The zero-order valence-electron chi connectivity index (χ0n) is 45.7. The molecule has 4 aliphatic rings. The lowest BCUT2D eigenvalue weighted by atomic mass is 9.70. The first-order chi connectivity index (χ1) is 37.5. The fraction of sp³-hybridized carbons (Fsp3) is 0.233. The van der Waals surface area contributed by atoms with Gasteiger partial charge in [-0.1, -0.05) is 176 Å². The molecule has 77 heavy (non-hydrogen) atoms. The maximum Gasteiger partial charge on any atom is 0.160 e. The number of nitrogens with zero attached hydrogens (tertiary/aromatic N) is 2. The van der Waals surface area contributed by atoms with E-state index < -0.39 is 5.41 Å². The second-order valence-electron chi connectivity index (χ2n) is 23.3. The molecule has 2 heterocycles. The van der Waals surface area contributed by atoms with Gasteiger partial charge in [-0.2, -0.15) is 0 Å². The zero-order chi connectivity index (χ0) is 52.4. The van der Waals surface area contributed by atoms with Gasteiger partial charge < -0.3 is 18.6 Å². The summed E-state index contributed by atoms with van der Waals surface area (Å²) in [6, 6.07) is 60.2. The van der Waals surface area contributed by atoms with Crippen molar-refractivity contribution in [2.45, 2.75) is 104 Å². The van der Waals surface area contributed by atoms with Gasteiger partial charge in [0.1, 0.15) is 16.9 Å². The molecule has 8 aromatic carbocycles. The number of benzene rings is 8. The molecular formula is C73H66N2O2. The molecule has 0 amide bonds. The van der Waals surface area contributed by atoms with Crippen LogP contribution in [0.3, 0.4) is 0 Å². The van der Waals surface area contributed by atoms with Crippen molar-refractivity contribution in [3.8, 4) is 22.3 Å². The largest absolute Gasteiger partial charge is 0.456 e. The van der Waals surface area contributed by atoms with E-state index in [0.717, 1.165) is 93.0 Å². The normalized spacial score (nSPS) is 15.0. The van der Waals surface area contributed by atoms with Crippen molar-refractivity contribution >= 4 is 67.4 Å². The van der Waals surface area contributed by atoms with Crippen LogP contribution in [0.1, 0.15) is 143 Å². The highest BCUT2D eigenvalue weighted by Gasteiger charge is 2.55. The summed E-state index contributed by atoms with van der Waals surface area (Å²) in [4.78, 5) is 5.06. The molecule has 4 heteroatoms. The molecule has 0 unspecified atom stereocenters. The molecule has 14 rings (SSSR count). The minimum atomic E-state index is -0.751. The van der Waals surface area contributed by atoms with Gasteiger partial charge in [-0.05, 0) is 166 Å². The average molecular weight is 1000 g/mol. The van der Waals surface area contributed by atoms with Gasteiger partial charge in [0, 0.05) is 55.6 Å². The molecule has 1 spiro atoms. The van der Waals surface area contributed by atoms with Crippen molar-refractivity contribution in [3.63, 3.8) is 0 Å². The van der Waals surface area contributed by atoms with Crippen LogP contribution in [0.15, 0.2) is 196 Å². The summed E-state index contributed by atoms with van der Waals surface area (Å²) < 4.78 is 15.0. The number of para-hydroxylation sites is 1. The van der Waals surface area contributed by atoms with Crippen molar-refractivity contribution in [1.82, 2.24) is 0 Å². The van der Waals surface area contributed by atoms with E-state index >= 15 is 0 Å². The third-order valence-corrected chi connectivity index (χ3v) is 17.7. The lowest BCUT2D eigenvalue weighted by Gasteiger charge is -2.34. The minimum absolute atomic E-state index is 0.405. The van der Waals surface area contributed by atoms with Gasteiger partial charge in [0.15, 0.2) is 5.58 Å². The molecule has 0 saturated heterocycles. The first-order valence-electron chi connectivity index (χ1n) is 28.3. The van der Waals surface area contributed by atoms with E-state index in [9.17, 15) is 0 Å². The molecule has 0 saturated carbocycles. The summed E-state index contributed by atoms with van der Waals surface area (Å²) in [6.45, 7) is 18.3. The van der Waals surface area contributed by atoms with Gasteiger partial charge in [0.2, 0.25) is 0 Å². The Hall–Kier alpha value is -8.08. The predicted molar refractivity (Wildman–Crippen MR) is 323 cm³/mol. The molecule has 0 atom stereocenters. The highest BCUT2D eigenvalue weighted by molar-refractivity contribution is 6.24. The Labute approximate surface area is 453 Å². The number of hydrogen-bond acceptors (Lipinski definition) is 4. The van der Waals surface area contributed by atoms with Crippen LogP contribution in [-0.4, -0.2) is 0 Å². The highest BCUT2D eigenvalue weighted by atomic mass is 16.3. The minimum Gasteiger partial charge on any atom is -0.456 e. The Morgan fingerprint density at radius 1 is 0.455 bits per heavy atom. The number of aryl methyl sites for hydroxylation is 1. The summed E-state index contributed by atoms with van der Waals surface area (Å²) in [5.41, 5.74) is 25.3. The fourth-order valence-electron chi connectivity index (χ4n) is 13.6. The SMILES string of the molecule is CC(C)C1=CC=C(N(c2ccc(C(C)C)cc2)c2cc3c(c4c2oc2ccccc24)-c2c(cc(N(c4ccc(C(C)C)cc4)c4ccc(C(C)C)cc4)c4c5c(oc24)C=CCC5)C32c3ccccc3-c3ccccc32)CC1. The molecule has 10 aromatic rings. The van der Waals surface area contributed by atoms with Gasteiger partial charge >= 0.3 is 0 Å². The Balaban J connectivity index is 1.16. The first kappa shape index (κ1) is 47.4. The summed E-state index contributed by atoms with van der Waals surface area (Å²) in [6.07, 6.45) is 13.0. The molecule has 4 aliphatic carbocycles. The lowest BCUT2D eigenvalue weighted by molar-refractivity contribution is 0.596.